The van der Waals surface area contributed by atoms with Crippen molar-refractivity contribution in [2.45, 2.75) is 33.1 Å². The molecule has 172 valence electrons. The number of allylic oxidation sites excluding steroid dienone is 1. The largest absolute Gasteiger partial charge is 0.457 e. The van der Waals surface area contributed by atoms with Crippen molar-refractivity contribution in [1.82, 2.24) is 4.98 Å². The number of nitrogens with one attached hydrogen (secondary N) is 3. The Morgan fingerprint density at radius 1 is 1.00 bits per heavy atom. The highest BCUT2D eigenvalue weighted by molar-refractivity contribution is 6.33. The van der Waals surface area contributed by atoms with E-state index in [1.807, 2.05) is 13.0 Å². The molecule has 0 aliphatic rings. The van der Waals surface area contributed by atoms with Crippen molar-refractivity contribution in [2.24, 2.45) is 0 Å². The van der Waals surface area contributed by atoms with Crippen molar-refractivity contribution < 1.29 is 13.9 Å². The summed E-state index contributed by atoms with van der Waals surface area (Å²) in [6.45, 7) is 11.7. The standard InChI is InChI=1S/C25H26ClFN4O2/c1-15(2)29-23-14-18(10-11-28-23)33-17-7-9-21(20(27)13-17)30-24(32)31-22-12-16(25(3,4)5)6-8-19(22)26/h6-14H,1H2,2-5H3,(H,28,29)(H2,30,31,32). The molecule has 33 heavy (non-hydrogen) atoms. The van der Waals surface area contributed by atoms with Crippen molar-refractivity contribution in [2.75, 3.05) is 16.0 Å². The molecule has 0 bridgehead atoms. The first-order chi connectivity index (χ1) is 15.5. The molecule has 1 aromatic heterocycles. The number of ether oxygens (including phenoxy) is 1. The molecule has 0 aliphatic heterocycles. The Labute approximate surface area is 197 Å². The summed E-state index contributed by atoms with van der Waals surface area (Å²) in [6, 6.07) is 12.3. The maximum absolute atomic E-state index is 14.6. The fraction of sp³-hybridized carbons (Fsp3) is 0.200. The average molecular weight is 469 g/mol. The summed E-state index contributed by atoms with van der Waals surface area (Å²) in [6.07, 6.45) is 1.57. The van der Waals surface area contributed by atoms with Gasteiger partial charge in [0, 0.05) is 24.0 Å². The van der Waals surface area contributed by atoms with Crippen LogP contribution in [0.15, 0.2) is 67.0 Å². The van der Waals surface area contributed by atoms with E-state index in [-0.39, 0.29) is 16.9 Å². The van der Waals surface area contributed by atoms with E-state index >= 15 is 0 Å². The summed E-state index contributed by atoms with van der Waals surface area (Å²) in [7, 11) is 0. The molecule has 3 N–H and O–H groups in total. The number of hydrogen-bond acceptors (Lipinski definition) is 4. The van der Waals surface area contributed by atoms with E-state index in [2.05, 4.69) is 48.3 Å². The lowest BCUT2D eigenvalue weighted by atomic mass is 9.87. The van der Waals surface area contributed by atoms with E-state index in [9.17, 15) is 9.18 Å². The second-order valence-electron chi connectivity index (χ2n) is 8.55. The normalized spacial score (nSPS) is 11.0. The van der Waals surface area contributed by atoms with Crippen LogP contribution in [0.3, 0.4) is 0 Å². The lowest BCUT2D eigenvalue weighted by Gasteiger charge is -2.20. The Morgan fingerprint density at radius 3 is 2.36 bits per heavy atom. The lowest BCUT2D eigenvalue weighted by molar-refractivity contribution is 0.262. The highest BCUT2D eigenvalue weighted by Gasteiger charge is 2.17. The fourth-order valence-electron chi connectivity index (χ4n) is 2.92. The Kier molecular flexibility index (Phi) is 7.23. The molecule has 0 saturated heterocycles. The van der Waals surface area contributed by atoms with Crippen molar-refractivity contribution in [3.63, 3.8) is 0 Å². The zero-order valence-electron chi connectivity index (χ0n) is 18.9. The molecule has 0 spiro atoms. The number of halogens is 2. The Hall–Kier alpha value is -3.58. The SMILES string of the molecule is C=C(C)Nc1cc(Oc2ccc(NC(=O)Nc3cc(C(C)(C)C)ccc3Cl)c(F)c2)ccn1. The number of anilines is 3. The number of urea groups is 1. The van der Waals surface area contributed by atoms with Crippen LogP contribution in [0.1, 0.15) is 33.3 Å². The number of rotatable bonds is 6. The smallest absolute Gasteiger partial charge is 0.323 e. The van der Waals surface area contributed by atoms with Gasteiger partial charge in [-0.15, -0.1) is 0 Å². The number of pyridine rings is 1. The van der Waals surface area contributed by atoms with Gasteiger partial charge in [-0.25, -0.2) is 14.2 Å². The number of benzene rings is 2. The van der Waals surface area contributed by atoms with Gasteiger partial charge in [0.1, 0.15) is 23.1 Å². The van der Waals surface area contributed by atoms with E-state index in [0.717, 1.165) is 11.3 Å². The molecule has 8 heteroatoms. The maximum Gasteiger partial charge on any atom is 0.323 e. The highest BCUT2D eigenvalue weighted by atomic mass is 35.5. The van der Waals surface area contributed by atoms with Gasteiger partial charge in [0.2, 0.25) is 0 Å². The molecule has 0 fully saturated rings. The van der Waals surface area contributed by atoms with Gasteiger partial charge in [0.25, 0.3) is 0 Å². The van der Waals surface area contributed by atoms with Crippen LogP contribution in [0, 0.1) is 5.82 Å². The van der Waals surface area contributed by atoms with E-state index in [0.29, 0.717) is 22.3 Å². The number of nitrogens with zero attached hydrogens (tertiary/aromatic N) is 1. The predicted octanol–water partition coefficient (Wildman–Crippen LogP) is 7.55. The molecule has 6 nitrogen and oxygen atoms in total. The first-order valence-corrected chi connectivity index (χ1v) is 10.6. The van der Waals surface area contributed by atoms with Crippen LogP contribution in [0.2, 0.25) is 5.02 Å². The molecule has 2 aromatic carbocycles. The van der Waals surface area contributed by atoms with Crippen LogP contribution < -0.4 is 20.7 Å². The monoisotopic (exact) mass is 468 g/mol. The van der Waals surface area contributed by atoms with Gasteiger partial charge in [-0.1, -0.05) is 45.0 Å². The molecule has 0 unspecified atom stereocenters. The molecule has 3 aromatic rings. The Morgan fingerprint density at radius 2 is 1.70 bits per heavy atom. The zero-order chi connectivity index (χ0) is 24.2. The molecule has 3 rings (SSSR count). The van der Waals surface area contributed by atoms with Gasteiger partial charge >= 0.3 is 6.03 Å². The third-order valence-electron chi connectivity index (χ3n) is 4.58. The Bertz CT molecular complexity index is 1190. The fourth-order valence-corrected chi connectivity index (χ4v) is 3.09. The van der Waals surface area contributed by atoms with E-state index in [4.69, 9.17) is 16.3 Å². The van der Waals surface area contributed by atoms with Gasteiger partial charge < -0.3 is 20.7 Å². The van der Waals surface area contributed by atoms with Crippen molar-refractivity contribution in [3.8, 4) is 11.5 Å². The molecule has 2 amide bonds. The minimum Gasteiger partial charge on any atom is -0.457 e. The zero-order valence-corrected chi connectivity index (χ0v) is 19.7. The molecule has 1 heterocycles. The second-order valence-corrected chi connectivity index (χ2v) is 8.96. The Balaban J connectivity index is 1.68. The average Bonchev–Trinajstić information content (AvgIpc) is 2.70. The van der Waals surface area contributed by atoms with E-state index in [1.54, 1.807) is 36.5 Å². The molecular formula is C25H26ClFN4O2. The topological polar surface area (TPSA) is 75.3 Å². The van der Waals surface area contributed by atoms with Crippen LogP contribution in [0.4, 0.5) is 26.4 Å². The van der Waals surface area contributed by atoms with Gasteiger partial charge in [-0.2, -0.15) is 0 Å². The number of carbonyl (C=O) groups is 1. The molecule has 0 radical (unpaired) electrons. The molecule has 0 aliphatic carbocycles. The first kappa shape index (κ1) is 24.1. The summed E-state index contributed by atoms with van der Waals surface area (Å²) < 4.78 is 20.3. The van der Waals surface area contributed by atoms with Crippen molar-refractivity contribution in [3.05, 3.63) is 83.4 Å². The van der Waals surface area contributed by atoms with Gasteiger partial charge in [0.05, 0.1) is 16.4 Å². The van der Waals surface area contributed by atoms with E-state index in [1.165, 1.54) is 12.1 Å². The summed E-state index contributed by atoms with van der Waals surface area (Å²) in [5.41, 5.74) is 2.06. The number of amides is 2. The van der Waals surface area contributed by atoms with Crippen LogP contribution >= 0.6 is 11.6 Å². The van der Waals surface area contributed by atoms with Crippen LogP contribution in [0.5, 0.6) is 11.5 Å². The van der Waals surface area contributed by atoms with Gasteiger partial charge in [0.15, 0.2) is 0 Å². The molecular weight excluding hydrogens is 443 g/mol. The quantitative estimate of drug-likeness (QED) is 0.349. The summed E-state index contributed by atoms with van der Waals surface area (Å²) in [5.74, 6) is 0.656. The minimum absolute atomic E-state index is 0.00214. The van der Waals surface area contributed by atoms with Gasteiger partial charge in [-0.05, 0) is 48.2 Å². The predicted molar refractivity (Wildman–Crippen MR) is 132 cm³/mol. The first-order valence-electron chi connectivity index (χ1n) is 10.3. The summed E-state index contributed by atoms with van der Waals surface area (Å²) in [4.78, 5) is 16.6. The summed E-state index contributed by atoms with van der Waals surface area (Å²) >= 11 is 6.21. The van der Waals surface area contributed by atoms with Gasteiger partial charge in [-0.3, -0.25) is 0 Å². The van der Waals surface area contributed by atoms with E-state index < -0.39 is 11.8 Å². The third-order valence-corrected chi connectivity index (χ3v) is 4.91. The van der Waals surface area contributed by atoms with Crippen molar-refractivity contribution >= 4 is 34.8 Å². The molecule has 0 atom stereocenters. The minimum atomic E-state index is -0.647. The van der Waals surface area contributed by atoms with Crippen LogP contribution in [-0.2, 0) is 5.41 Å². The number of carbonyl (C=O) groups excluding carboxylic acids is 1. The number of aromatic nitrogens is 1. The third kappa shape index (κ3) is 6.70. The number of hydrogen-bond donors (Lipinski definition) is 3. The lowest BCUT2D eigenvalue weighted by Crippen LogP contribution is -2.21. The maximum atomic E-state index is 14.6. The van der Waals surface area contributed by atoms with Crippen LogP contribution in [-0.4, -0.2) is 11.0 Å². The van der Waals surface area contributed by atoms with Crippen LogP contribution in [0.25, 0.3) is 0 Å². The van der Waals surface area contributed by atoms with Crippen molar-refractivity contribution in [1.29, 1.82) is 0 Å². The second kappa shape index (κ2) is 9.92. The molecule has 0 saturated carbocycles. The highest BCUT2D eigenvalue weighted by Crippen LogP contribution is 2.30. The summed E-state index contributed by atoms with van der Waals surface area (Å²) in [5, 5.41) is 8.54.